The number of anilines is 1. The Bertz CT molecular complexity index is 627. The molecule has 92 valence electrons. The Labute approximate surface area is 115 Å². The second-order valence-corrected chi connectivity index (χ2v) is 5.33. The molecule has 0 heterocycles. The quantitative estimate of drug-likeness (QED) is 0.813. The lowest BCUT2D eigenvalue weighted by Crippen LogP contribution is -2.08. The van der Waals surface area contributed by atoms with Gasteiger partial charge in [0.25, 0.3) is 0 Å². The monoisotopic (exact) mass is 303 g/mol. The molecule has 2 aromatic rings. The molecule has 0 bridgehead atoms. The Balaban J connectivity index is 2.28. The minimum Gasteiger partial charge on any atom is -0.322 e. The van der Waals surface area contributed by atoms with E-state index in [1.54, 1.807) is 6.08 Å². The van der Waals surface area contributed by atoms with E-state index in [1.807, 2.05) is 44.2 Å². The highest BCUT2D eigenvalue weighted by Crippen LogP contribution is 2.22. The fourth-order valence-electron chi connectivity index (χ4n) is 1.73. The van der Waals surface area contributed by atoms with Gasteiger partial charge in [0.05, 0.1) is 0 Å². The molecule has 1 amide bonds. The number of benzene rings is 2. The van der Waals surface area contributed by atoms with Crippen LogP contribution in [0.2, 0.25) is 0 Å². The van der Waals surface area contributed by atoms with Crippen molar-refractivity contribution in [2.75, 3.05) is 5.32 Å². The van der Waals surface area contributed by atoms with E-state index in [1.165, 1.54) is 0 Å². The number of carbonyl (C=O) groups is 1. The first kappa shape index (κ1) is 12.8. The Morgan fingerprint density at radius 3 is 2.50 bits per heavy atom. The lowest BCUT2D eigenvalue weighted by Gasteiger charge is -2.05. The van der Waals surface area contributed by atoms with Crippen LogP contribution in [-0.2, 0) is 4.79 Å². The van der Waals surface area contributed by atoms with Crippen LogP contribution in [0.5, 0.6) is 0 Å². The molecule has 0 radical (unpaired) electrons. The normalized spacial score (nSPS) is 10.2. The summed E-state index contributed by atoms with van der Waals surface area (Å²) in [5.41, 5.74) is 1.80. The molecule has 0 aliphatic carbocycles. The third-order valence-electron chi connectivity index (χ3n) is 2.49. The number of nitrogens with one attached hydrogen (secondary N) is 1. The molecule has 0 saturated carbocycles. The van der Waals surface area contributed by atoms with Crippen LogP contribution in [0, 0.1) is 0 Å². The van der Waals surface area contributed by atoms with Gasteiger partial charge in [0.1, 0.15) is 0 Å². The second kappa shape index (κ2) is 5.36. The summed E-state index contributed by atoms with van der Waals surface area (Å²) in [7, 11) is 0. The number of rotatable bonds is 2. The minimum absolute atomic E-state index is 0.0912. The van der Waals surface area contributed by atoms with Gasteiger partial charge in [0, 0.05) is 16.2 Å². The van der Waals surface area contributed by atoms with E-state index < -0.39 is 0 Å². The second-order valence-electron chi connectivity index (χ2n) is 4.42. The maximum atomic E-state index is 11.6. The summed E-state index contributed by atoms with van der Waals surface area (Å²) in [5, 5.41) is 5.10. The van der Waals surface area contributed by atoms with E-state index in [-0.39, 0.29) is 5.91 Å². The van der Waals surface area contributed by atoms with Gasteiger partial charge in [-0.3, -0.25) is 4.79 Å². The van der Waals surface area contributed by atoms with Gasteiger partial charge in [-0.1, -0.05) is 33.6 Å². The third-order valence-corrected chi connectivity index (χ3v) is 2.98. The van der Waals surface area contributed by atoms with Crippen molar-refractivity contribution in [1.82, 2.24) is 0 Å². The average molecular weight is 304 g/mol. The van der Waals surface area contributed by atoms with Crippen LogP contribution < -0.4 is 5.32 Å². The Hall–Kier alpha value is -1.61. The van der Waals surface area contributed by atoms with E-state index >= 15 is 0 Å². The van der Waals surface area contributed by atoms with Crippen LogP contribution in [0.4, 0.5) is 5.69 Å². The van der Waals surface area contributed by atoms with Gasteiger partial charge in [-0.2, -0.15) is 0 Å². The molecule has 0 atom stereocenters. The van der Waals surface area contributed by atoms with Crippen molar-refractivity contribution in [3.05, 3.63) is 52.5 Å². The summed E-state index contributed by atoms with van der Waals surface area (Å²) in [4.78, 5) is 11.6. The van der Waals surface area contributed by atoms with Crippen molar-refractivity contribution < 1.29 is 4.79 Å². The lowest BCUT2D eigenvalue weighted by molar-refractivity contribution is -0.111. The van der Waals surface area contributed by atoms with Gasteiger partial charge in [0.15, 0.2) is 0 Å². The smallest absolute Gasteiger partial charge is 0.248 e. The van der Waals surface area contributed by atoms with E-state index in [0.717, 1.165) is 26.5 Å². The highest BCUT2D eigenvalue weighted by molar-refractivity contribution is 9.10. The van der Waals surface area contributed by atoms with E-state index in [0.29, 0.717) is 0 Å². The Kier molecular flexibility index (Phi) is 3.82. The number of amides is 1. The minimum atomic E-state index is -0.0912. The van der Waals surface area contributed by atoms with Crippen LogP contribution in [0.1, 0.15) is 13.8 Å². The Morgan fingerprint density at radius 2 is 1.78 bits per heavy atom. The molecule has 2 rings (SSSR count). The molecule has 1 N–H and O–H groups in total. The Morgan fingerprint density at radius 1 is 1.11 bits per heavy atom. The number of allylic oxidation sites excluding steroid dienone is 1. The standard InChI is InChI=1S/C15H14BrNO/c1-10(2)7-15(18)17-14-6-4-11-8-13(16)5-3-12(11)9-14/h3-9H,1-2H3,(H,17,18). The molecule has 0 fully saturated rings. The highest BCUT2D eigenvalue weighted by atomic mass is 79.9. The summed E-state index contributed by atoms with van der Waals surface area (Å²) in [5.74, 6) is -0.0912. The molecule has 0 spiro atoms. The predicted molar refractivity (Wildman–Crippen MR) is 79.7 cm³/mol. The lowest BCUT2D eigenvalue weighted by atomic mass is 10.1. The zero-order chi connectivity index (χ0) is 13.1. The molecule has 0 unspecified atom stereocenters. The molecule has 0 saturated heterocycles. The van der Waals surface area contributed by atoms with Gasteiger partial charge in [-0.15, -0.1) is 0 Å². The van der Waals surface area contributed by atoms with E-state index in [2.05, 4.69) is 27.3 Å². The molecule has 2 nitrogen and oxygen atoms in total. The summed E-state index contributed by atoms with van der Waals surface area (Å²) in [6, 6.07) is 11.9. The van der Waals surface area contributed by atoms with Crippen molar-refractivity contribution in [2.45, 2.75) is 13.8 Å². The summed E-state index contributed by atoms with van der Waals surface area (Å²) in [6.45, 7) is 3.80. The molecule has 3 heteroatoms. The van der Waals surface area contributed by atoms with Crippen LogP contribution in [0.3, 0.4) is 0 Å². The number of halogens is 1. The number of hydrogen-bond donors (Lipinski definition) is 1. The number of fused-ring (bicyclic) bond motifs is 1. The first-order chi connectivity index (χ1) is 8.54. The van der Waals surface area contributed by atoms with Crippen molar-refractivity contribution in [1.29, 1.82) is 0 Å². The summed E-state index contributed by atoms with van der Waals surface area (Å²) in [6.07, 6.45) is 1.59. The van der Waals surface area contributed by atoms with E-state index in [9.17, 15) is 4.79 Å². The zero-order valence-electron chi connectivity index (χ0n) is 10.3. The zero-order valence-corrected chi connectivity index (χ0v) is 11.9. The molecule has 0 aromatic heterocycles. The first-order valence-corrected chi connectivity index (χ1v) is 6.49. The molecule has 2 aromatic carbocycles. The van der Waals surface area contributed by atoms with Gasteiger partial charge < -0.3 is 5.32 Å². The van der Waals surface area contributed by atoms with Crippen molar-refractivity contribution in [3.63, 3.8) is 0 Å². The van der Waals surface area contributed by atoms with Gasteiger partial charge in [-0.25, -0.2) is 0 Å². The summed E-state index contributed by atoms with van der Waals surface area (Å²) >= 11 is 3.44. The molecular formula is C15H14BrNO. The maximum Gasteiger partial charge on any atom is 0.248 e. The van der Waals surface area contributed by atoms with Crippen molar-refractivity contribution in [3.8, 4) is 0 Å². The van der Waals surface area contributed by atoms with Gasteiger partial charge in [0.2, 0.25) is 5.91 Å². The van der Waals surface area contributed by atoms with Crippen LogP contribution in [-0.4, -0.2) is 5.91 Å². The van der Waals surface area contributed by atoms with Crippen molar-refractivity contribution >= 4 is 38.3 Å². The molecule has 0 aliphatic rings. The summed E-state index contributed by atoms with van der Waals surface area (Å²) < 4.78 is 1.05. The largest absolute Gasteiger partial charge is 0.322 e. The van der Waals surface area contributed by atoms with Crippen LogP contribution in [0.25, 0.3) is 10.8 Å². The highest BCUT2D eigenvalue weighted by Gasteiger charge is 2.00. The fourth-order valence-corrected chi connectivity index (χ4v) is 2.11. The third kappa shape index (κ3) is 3.20. The fraction of sp³-hybridized carbons (Fsp3) is 0.133. The predicted octanol–water partition coefficient (Wildman–Crippen LogP) is 4.51. The van der Waals surface area contributed by atoms with Crippen LogP contribution >= 0.6 is 15.9 Å². The number of carbonyl (C=O) groups excluding carboxylic acids is 1. The van der Waals surface area contributed by atoms with E-state index in [4.69, 9.17) is 0 Å². The SMILES string of the molecule is CC(C)=CC(=O)Nc1ccc2cc(Br)ccc2c1. The first-order valence-electron chi connectivity index (χ1n) is 5.70. The van der Waals surface area contributed by atoms with Crippen molar-refractivity contribution in [2.24, 2.45) is 0 Å². The van der Waals surface area contributed by atoms with Gasteiger partial charge >= 0.3 is 0 Å². The average Bonchev–Trinajstić information content (AvgIpc) is 2.28. The molecule has 18 heavy (non-hydrogen) atoms. The molecular weight excluding hydrogens is 290 g/mol. The molecule has 0 aliphatic heterocycles. The van der Waals surface area contributed by atoms with Gasteiger partial charge in [-0.05, 0) is 48.9 Å². The topological polar surface area (TPSA) is 29.1 Å². The van der Waals surface area contributed by atoms with Crippen LogP contribution in [0.15, 0.2) is 52.5 Å². The number of hydrogen-bond acceptors (Lipinski definition) is 1. The maximum absolute atomic E-state index is 11.6.